The fourth-order valence-corrected chi connectivity index (χ4v) is 2.24. The number of amides is 2. The van der Waals surface area contributed by atoms with Crippen LogP contribution in [0.25, 0.3) is 0 Å². The van der Waals surface area contributed by atoms with Crippen LogP contribution < -0.4 is 5.32 Å². The second kappa shape index (κ2) is 7.93. The molecule has 0 aromatic heterocycles. The van der Waals surface area contributed by atoms with Gasteiger partial charge in [-0.15, -0.1) is 13.2 Å². The number of nitrogens with one attached hydrogen (secondary N) is 1. The van der Waals surface area contributed by atoms with Gasteiger partial charge in [-0.2, -0.15) is 0 Å². The van der Waals surface area contributed by atoms with Crippen molar-refractivity contribution >= 4 is 6.03 Å². The maximum atomic E-state index is 12.0. The van der Waals surface area contributed by atoms with Crippen molar-refractivity contribution in [2.24, 2.45) is 0 Å². The van der Waals surface area contributed by atoms with Gasteiger partial charge in [0, 0.05) is 19.1 Å². The van der Waals surface area contributed by atoms with Crippen molar-refractivity contribution in [3.8, 4) is 0 Å². The van der Waals surface area contributed by atoms with E-state index in [4.69, 9.17) is 0 Å². The van der Waals surface area contributed by atoms with E-state index in [9.17, 15) is 4.79 Å². The van der Waals surface area contributed by atoms with E-state index in [0.29, 0.717) is 19.1 Å². The highest BCUT2D eigenvalue weighted by Crippen LogP contribution is 2.17. The third kappa shape index (κ3) is 5.07. The molecule has 3 heteroatoms. The zero-order valence-electron chi connectivity index (χ0n) is 10.7. The van der Waals surface area contributed by atoms with E-state index in [1.165, 1.54) is 25.7 Å². The molecule has 17 heavy (non-hydrogen) atoms. The first-order valence-electron chi connectivity index (χ1n) is 6.55. The van der Waals surface area contributed by atoms with Gasteiger partial charge in [0.2, 0.25) is 0 Å². The molecular formula is C14H24N2O. The number of hydrogen-bond donors (Lipinski definition) is 1. The number of carbonyl (C=O) groups is 1. The lowest BCUT2D eigenvalue weighted by atomic mass is 10.1. The van der Waals surface area contributed by atoms with Gasteiger partial charge in [0.25, 0.3) is 0 Å². The smallest absolute Gasteiger partial charge is 0.318 e. The Hall–Kier alpha value is -1.25. The normalized spacial score (nSPS) is 16.9. The first kappa shape index (κ1) is 13.8. The van der Waals surface area contributed by atoms with Crippen LogP contribution in [0.15, 0.2) is 25.3 Å². The summed E-state index contributed by atoms with van der Waals surface area (Å²) in [5.41, 5.74) is 0. The van der Waals surface area contributed by atoms with Crippen molar-refractivity contribution in [1.82, 2.24) is 10.2 Å². The number of nitrogens with zero attached hydrogens (tertiary/aromatic N) is 1. The average molecular weight is 236 g/mol. The Morgan fingerprint density at radius 3 is 2.12 bits per heavy atom. The van der Waals surface area contributed by atoms with Crippen molar-refractivity contribution < 1.29 is 4.79 Å². The highest BCUT2D eigenvalue weighted by Gasteiger charge is 2.17. The second-order valence-corrected chi connectivity index (χ2v) is 4.62. The molecule has 0 aliphatic heterocycles. The summed E-state index contributed by atoms with van der Waals surface area (Å²) in [6.07, 6.45) is 10.8. The highest BCUT2D eigenvalue weighted by atomic mass is 16.2. The summed E-state index contributed by atoms with van der Waals surface area (Å²) in [7, 11) is 0. The van der Waals surface area contributed by atoms with Crippen molar-refractivity contribution in [2.45, 2.75) is 44.6 Å². The van der Waals surface area contributed by atoms with Crippen LogP contribution in [-0.4, -0.2) is 30.1 Å². The van der Waals surface area contributed by atoms with Crippen LogP contribution >= 0.6 is 0 Å². The Balaban J connectivity index is 2.43. The Morgan fingerprint density at radius 1 is 1.12 bits per heavy atom. The minimum Gasteiger partial charge on any atom is -0.335 e. The molecule has 1 fully saturated rings. The standard InChI is InChI=1S/C14H24N2O/c1-3-11-16(12-4-2)14(17)15-13-9-7-5-6-8-10-13/h3-4,13H,1-2,5-12H2,(H,15,17). The molecular weight excluding hydrogens is 212 g/mol. The van der Waals surface area contributed by atoms with E-state index in [1.54, 1.807) is 17.1 Å². The van der Waals surface area contributed by atoms with E-state index < -0.39 is 0 Å². The molecule has 0 atom stereocenters. The van der Waals surface area contributed by atoms with Gasteiger partial charge < -0.3 is 10.2 Å². The Morgan fingerprint density at radius 2 is 1.65 bits per heavy atom. The summed E-state index contributed by atoms with van der Waals surface area (Å²) in [5, 5.41) is 3.12. The molecule has 1 aliphatic rings. The van der Waals surface area contributed by atoms with Gasteiger partial charge in [-0.05, 0) is 12.8 Å². The molecule has 0 aromatic carbocycles. The minimum atomic E-state index is 0.0108. The van der Waals surface area contributed by atoms with E-state index in [2.05, 4.69) is 18.5 Å². The molecule has 0 spiro atoms. The highest BCUT2D eigenvalue weighted by molar-refractivity contribution is 5.74. The molecule has 0 bridgehead atoms. The van der Waals surface area contributed by atoms with Crippen LogP contribution in [0.1, 0.15) is 38.5 Å². The maximum Gasteiger partial charge on any atom is 0.318 e. The van der Waals surface area contributed by atoms with Crippen molar-refractivity contribution in [2.75, 3.05) is 13.1 Å². The summed E-state index contributed by atoms with van der Waals surface area (Å²) >= 11 is 0. The monoisotopic (exact) mass is 236 g/mol. The predicted octanol–water partition coefficient (Wildman–Crippen LogP) is 3.09. The number of carbonyl (C=O) groups excluding carboxylic acids is 1. The summed E-state index contributed by atoms with van der Waals surface area (Å²) < 4.78 is 0. The van der Waals surface area contributed by atoms with Gasteiger partial charge in [-0.1, -0.05) is 37.8 Å². The summed E-state index contributed by atoms with van der Waals surface area (Å²) in [6.45, 7) is 8.49. The molecule has 96 valence electrons. The number of rotatable bonds is 5. The Kier molecular flexibility index (Phi) is 6.45. The first-order chi connectivity index (χ1) is 8.27. The van der Waals surface area contributed by atoms with Crippen molar-refractivity contribution in [3.05, 3.63) is 25.3 Å². The maximum absolute atomic E-state index is 12.0. The van der Waals surface area contributed by atoms with Crippen molar-refractivity contribution in [1.29, 1.82) is 0 Å². The lowest BCUT2D eigenvalue weighted by molar-refractivity contribution is 0.202. The van der Waals surface area contributed by atoms with E-state index in [0.717, 1.165) is 12.8 Å². The van der Waals surface area contributed by atoms with Crippen LogP contribution in [0.2, 0.25) is 0 Å². The summed E-state index contributed by atoms with van der Waals surface area (Å²) in [5.74, 6) is 0. The van der Waals surface area contributed by atoms with Gasteiger partial charge in [0.15, 0.2) is 0 Å². The summed E-state index contributed by atoms with van der Waals surface area (Å²) in [6, 6.07) is 0.360. The van der Waals surface area contributed by atoms with E-state index in [1.807, 2.05) is 0 Å². The van der Waals surface area contributed by atoms with Crippen LogP contribution in [0.3, 0.4) is 0 Å². The molecule has 1 saturated carbocycles. The van der Waals surface area contributed by atoms with E-state index >= 15 is 0 Å². The second-order valence-electron chi connectivity index (χ2n) is 4.62. The quantitative estimate of drug-likeness (QED) is 0.577. The zero-order valence-corrected chi connectivity index (χ0v) is 10.7. The van der Waals surface area contributed by atoms with E-state index in [-0.39, 0.29) is 6.03 Å². The van der Waals surface area contributed by atoms with Crippen LogP contribution in [-0.2, 0) is 0 Å². The van der Waals surface area contributed by atoms with Gasteiger partial charge in [-0.25, -0.2) is 4.79 Å². The molecule has 0 unspecified atom stereocenters. The molecule has 0 heterocycles. The average Bonchev–Trinajstić information content (AvgIpc) is 2.57. The molecule has 0 aromatic rings. The molecule has 1 N–H and O–H groups in total. The Bertz CT molecular complexity index is 245. The lowest BCUT2D eigenvalue weighted by Crippen LogP contribution is -2.44. The van der Waals surface area contributed by atoms with Gasteiger partial charge in [0.05, 0.1) is 0 Å². The fourth-order valence-electron chi connectivity index (χ4n) is 2.24. The molecule has 1 aliphatic carbocycles. The zero-order chi connectivity index (χ0) is 12.5. The number of urea groups is 1. The summed E-state index contributed by atoms with van der Waals surface area (Å²) in [4.78, 5) is 13.7. The lowest BCUT2D eigenvalue weighted by Gasteiger charge is -2.24. The third-order valence-corrected chi connectivity index (χ3v) is 3.17. The third-order valence-electron chi connectivity index (χ3n) is 3.17. The topological polar surface area (TPSA) is 32.3 Å². The minimum absolute atomic E-state index is 0.0108. The van der Waals surface area contributed by atoms with Crippen LogP contribution in [0.4, 0.5) is 4.79 Å². The largest absolute Gasteiger partial charge is 0.335 e. The predicted molar refractivity (Wildman–Crippen MR) is 72.0 cm³/mol. The Labute approximate surface area is 105 Å². The SMILES string of the molecule is C=CCN(CC=C)C(=O)NC1CCCCCC1. The van der Waals surface area contributed by atoms with Crippen LogP contribution in [0, 0.1) is 0 Å². The molecule has 0 saturated heterocycles. The van der Waals surface area contributed by atoms with Gasteiger partial charge in [0.1, 0.15) is 0 Å². The molecule has 1 rings (SSSR count). The van der Waals surface area contributed by atoms with Crippen LogP contribution in [0.5, 0.6) is 0 Å². The molecule has 3 nitrogen and oxygen atoms in total. The molecule has 2 amide bonds. The molecule has 0 radical (unpaired) electrons. The first-order valence-corrected chi connectivity index (χ1v) is 6.55. The number of hydrogen-bond acceptors (Lipinski definition) is 1. The van der Waals surface area contributed by atoms with Gasteiger partial charge >= 0.3 is 6.03 Å². The fraction of sp³-hybridized carbons (Fsp3) is 0.643. The van der Waals surface area contributed by atoms with Gasteiger partial charge in [-0.3, -0.25) is 0 Å². The van der Waals surface area contributed by atoms with Crippen molar-refractivity contribution in [3.63, 3.8) is 0 Å².